The van der Waals surface area contributed by atoms with Crippen LogP contribution in [0.5, 0.6) is 0 Å². The molecule has 0 saturated carbocycles. The molecule has 0 bridgehead atoms. The third-order valence-corrected chi connectivity index (χ3v) is 3.45. The highest BCUT2D eigenvalue weighted by atomic mass is 32.1. The Labute approximate surface area is 108 Å². The molecule has 17 heavy (non-hydrogen) atoms. The molecule has 0 atom stereocenters. The molecule has 5 heteroatoms. The summed E-state index contributed by atoms with van der Waals surface area (Å²) in [4.78, 5) is 4.44. The monoisotopic (exact) mass is 252 g/mol. The zero-order chi connectivity index (χ0) is 12.1. The van der Waals surface area contributed by atoms with Crippen LogP contribution >= 0.6 is 12.2 Å². The smallest absolute Gasteiger partial charge is 0.166 e. The van der Waals surface area contributed by atoms with Crippen LogP contribution in [0.1, 0.15) is 12.8 Å². The Morgan fingerprint density at radius 1 is 1.29 bits per heavy atom. The summed E-state index contributed by atoms with van der Waals surface area (Å²) in [6.45, 7) is 4.85. The third kappa shape index (κ3) is 3.36. The summed E-state index contributed by atoms with van der Waals surface area (Å²) < 4.78 is 0. The highest BCUT2D eigenvalue weighted by molar-refractivity contribution is 7.80. The van der Waals surface area contributed by atoms with Gasteiger partial charge in [0.25, 0.3) is 0 Å². The molecule has 0 aromatic heterocycles. The first-order valence-corrected chi connectivity index (χ1v) is 6.57. The quantitative estimate of drug-likeness (QED) is 0.670. The lowest BCUT2D eigenvalue weighted by Gasteiger charge is -2.37. The maximum atomic E-state index is 5.63. The molecule has 0 amide bonds. The first-order valence-electron chi connectivity index (χ1n) is 6.17. The molecule has 94 valence electrons. The van der Waals surface area contributed by atoms with Crippen LogP contribution in [-0.4, -0.2) is 47.6 Å². The van der Waals surface area contributed by atoms with Gasteiger partial charge >= 0.3 is 0 Å². The number of hydrogen-bond donors (Lipinski definition) is 2. The maximum absolute atomic E-state index is 5.63. The van der Waals surface area contributed by atoms with E-state index in [4.69, 9.17) is 18.0 Å². The zero-order valence-electron chi connectivity index (χ0n) is 10.1. The fraction of sp³-hybridized carbons (Fsp3) is 0.583. The average molecular weight is 252 g/mol. The zero-order valence-corrected chi connectivity index (χ0v) is 10.9. The largest absolute Gasteiger partial charge is 0.389 e. The minimum atomic E-state index is 0.518. The van der Waals surface area contributed by atoms with Gasteiger partial charge in [0.1, 0.15) is 0 Å². The summed E-state index contributed by atoms with van der Waals surface area (Å²) in [6, 6.07) is 0. The van der Waals surface area contributed by atoms with E-state index in [1.807, 2.05) is 0 Å². The van der Waals surface area contributed by atoms with Gasteiger partial charge < -0.3 is 20.9 Å². The van der Waals surface area contributed by atoms with Crippen LogP contribution in [0.25, 0.3) is 0 Å². The van der Waals surface area contributed by atoms with Crippen molar-refractivity contribution in [2.24, 2.45) is 5.73 Å². The second kappa shape index (κ2) is 5.91. The second-order valence-corrected chi connectivity index (χ2v) is 4.80. The predicted molar refractivity (Wildman–Crippen MR) is 74.4 cm³/mol. The minimum absolute atomic E-state index is 0.518. The van der Waals surface area contributed by atoms with Crippen LogP contribution < -0.4 is 11.1 Å². The van der Waals surface area contributed by atoms with Crippen LogP contribution in [0.4, 0.5) is 0 Å². The van der Waals surface area contributed by atoms with E-state index in [1.54, 1.807) is 0 Å². The van der Waals surface area contributed by atoms with Gasteiger partial charge in [0.2, 0.25) is 0 Å². The van der Waals surface area contributed by atoms with Gasteiger partial charge in [0.05, 0.1) is 5.70 Å². The number of piperazine rings is 1. The average Bonchev–Trinajstić information content (AvgIpc) is 2.29. The van der Waals surface area contributed by atoms with Crippen LogP contribution in [-0.2, 0) is 0 Å². The van der Waals surface area contributed by atoms with Crippen molar-refractivity contribution in [1.29, 1.82) is 0 Å². The first kappa shape index (κ1) is 12.2. The van der Waals surface area contributed by atoms with Gasteiger partial charge in [-0.2, -0.15) is 0 Å². The van der Waals surface area contributed by atoms with E-state index >= 15 is 0 Å². The lowest BCUT2D eigenvalue weighted by atomic mass is 10.2. The predicted octanol–water partition coefficient (Wildman–Crippen LogP) is 0.629. The molecule has 0 spiro atoms. The van der Waals surface area contributed by atoms with Crippen molar-refractivity contribution in [1.82, 2.24) is 15.1 Å². The fourth-order valence-electron chi connectivity index (χ4n) is 2.13. The SMILES string of the molecule is NC(=S)N1CCN(C2=C/NCCC/C=C\2)CC1. The molecular weight excluding hydrogens is 232 g/mol. The Kier molecular flexibility index (Phi) is 4.25. The Hall–Kier alpha value is -1.23. The Morgan fingerprint density at radius 3 is 2.76 bits per heavy atom. The molecule has 0 radical (unpaired) electrons. The number of thiocarbonyl (C=S) groups is 1. The topological polar surface area (TPSA) is 44.5 Å². The summed E-state index contributed by atoms with van der Waals surface area (Å²) >= 11 is 4.99. The molecule has 0 aromatic rings. The summed E-state index contributed by atoms with van der Waals surface area (Å²) in [7, 11) is 0. The Morgan fingerprint density at radius 2 is 2.06 bits per heavy atom. The van der Waals surface area contributed by atoms with Gasteiger partial charge in [-0.05, 0) is 31.1 Å². The van der Waals surface area contributed by atoms with E-state index in [2.05, 4.69) is 33.5 Å². The molecule has 1 saturated heterocycles. The van der Waals surface area contributed by atoms with E-state index in [0.29, 0.717) is 5.11 Å². The number of allylic oxidation sites excluding steroid dienone is 2. The Bertz CT molecular complexity index is 329. The molecule has 2 aliphatic rings. The van der Waals surface area contributed by atoms with Gasteiger partial charge in [0, 0.05) is 38.9 Å². The van der Waals surface area contributed by atoms with Crippen molar-refractivity contribution in [3.8, 4) is 0 Å². The molecule has 2 aliphatic heterocycles. The van der Waals surface area contributed by atoms with Crippen LogP contribution in [0.3, 0.4) is 0 Å². The lowest BCUT2D eigenvalue weighted by molar-refractivity contribution is 0.227. The van der Waals surface area contributed by atoms with Crippen LogP contribution in [0.15, 0.2) is 24.0 Å². The number of nitrogens with one attached hydrogen (secondary N) is 1. The molecule has 0 aliphatic carbocycles. The van der Waals surface area contributed by atoms with E-state index in [9.17, 15) is 0 Å². The van der Waals surface area contributed by atoms with Crippen molar-refractivity contribution in [3.63, 3.8) is 0 Å². The number of nitrogens with two attached hydrogens (primary N) is 1. The van der Waals surface area contributed by atoms with Crippen molar-refractivity contribution in [2.75, 3.05) is 32.7 Å². The van der Waals surface area contributed by atoms with Crippen LogP contribution in [0.2, 0.25) is 0 Å². The molecule has 0 aromatic carbocycles. The number of nitrogens with zero attached hydrogens (tertiary/aromatic N) is 2. The standard InChI is InChI=1S/C12H20N4S/c13-12(17)16-8-6-15(7-9-16)11-4-2-1-3-5-14-10-11/h2,4,10,14H,1,3,5-9H2,(H2,13,17)/b4-2-,11-10+. The Balaban J connectivity index is 1.93. The van der Waals surface area contributed by atoms with Gasteiger partial charge in [-0.15, -0.1) is 0 Å². The molecule has 3 N–H and O–H groups in total. The van der Waals surface area contributed by atoms with Gasteiger partial charge in [-0.3, -0.25) is 0 Å². The number of rotatable bonds is 1. The van der Waals surface area contributed by atoms with Crippen molar-refractivity contribution in [2.45, 2.75) is 12.8 Å². The van der Waals surface area contributed by atoms with Gasteiger partial charge in [-0.25, -0.2) is 0 Å². The summed E-state index contributed by atoms with van der Waals surface area (Å²) in [5.41, 5.74) is 6.91. The molecular formula is C12H20N4S. The number of hydrogen-bond acceptors (Lipinski definition) is 3. The molecule has 2 rings (SSSR count). The summed E-state index contributed by atoms with van der Waals surface area (Å²) in [5.74, 6) is 0. The summed E-state index contributed by atoms with van der Waals surface area (Å²) in [6.07, 6.45) is 8.94. The molecule has 4 nitrogen and oxygen atoms in total. The maximum Gasteiger partial charge on any atom is 0.166 e. The highest BCUT2D eigenvalue weighted by Crippen LogP contribution is 2.12. The van der Waals surface area contributed by atoms with E-state index in [1.165, 1.54) is 12.1 Å². The fourth-order valence-corrected chi connectivity index (χ4v) is 2.32. The van der Waals surface area contributed by atoms with Crippen molar-refractivity contribution < 1.29 is 0 Å². The van der Waals surface area contributed by atoms with Gasteiger partial charge in [0.15, 0.2) is 5.11 Å². The minimum Gasteiger partial charge on any atom is -0.389 e. The van der Waals surface area contributed by atoms with E-state index in [-0.39, 0.29) is 0 Å². The highest BCUT2D eigenvalue weighted by Gasteiger charge is 2.18. The van der Waals surface area contributed by atoms with E-state index in [0.717, 1.165) is 39.1 Å². The normalized spacial score (nSPS) is 26.2. The lowest BCUT2D eigenvalue weighted by Crippen LogP contribution is -2.49. The van der Waals surface area contributed by atoms with Crippen LogP contribution in [0, 0.1) is 0 Å². The molecule has 1 fully saturated rings. The van der Waals surface area contributed by atoms with Crippen molar-refractivity contribution in [3.05, 3.63) is 24.0 Å². The summed E-state index contributed by atoms with van der Waals surface area (Å²) in [5, 5.41) is 3.87. The van der Waals surface area contributed by atoms with E-state index < -0.39 is 0 Å². The second-order valence-electron chi connectivity index (χ2n) is 4.38. The molecule has 2 heterocycles. The van der Waals surface area contributed by atoms with Gasteiger partial charge in [-0.1, -0.05) is 6.08 Å². The molecule has 0 unspecified atom stereocenters. The van der Waals surface area contributed by atoms with Crippen molar-refractivity contribution >= 4 is 17.3 Å². The third-order valence-electron chi connectivity index (χ3n) is 3.19. The first-order chi connectivity index (χ1) is 8.27.